The third-order valence-corrected chi connectivity index (χ3v) is 4.04. The molecule has 2 aromatic rings. The molecular weight excluding hydrogens is 292 g/mol. The molecule has 0 amide bonds. The van der Waals surface area contributed by atoms with E-state index in [1.165, 1.54) is 5.56 Å². The molecule has 1 heterocycles. The predicted octanol–water partition coefficient (Wildman–Crippen LogP) is 3.67. The van der Waals surface area contributed by atoms with E-state index in [1.54, 1.807) is 6.07 Å². The Hall–Kier alpha value is -1.88. The molecule has 0 unspecified atom stereocenters. The van der Waals surface area contributed by atoms with Gasteiger partial charge in [-0.25, -0.2) is 5.10 Å². The van der Waals surface area contributed by atoms with Gasteiger partial charge in [-0.3, -0.25) is 4.79 Å². The zero-order chi connectivity index (χ0) is 16.5. The smallest absolute Gasteiger partial charge is 0.274 e. The van der Waals surface area contributed by atoms with Crippen molar-refractivity contribution in [2.24, 2.45) is 0 Å². The van der Waals surface area contributed by atoms with Crippen LogP contribution in [0.3, 0.4) is 0 Å². The first-order valence-electron chi connectivity index (χ1n) is 7.37. The molecule has 1 aromatic carbocycles. The molecule has 0 spiro atoms. The fourth-order valence-corrected chi connectivity index (χ4v) is 2.87. The summed E-state index contributed by atoms with van der Waals surface area (Å²) in [4.78, 5) is 11.4. The number of nitrogens with one attached hydrogen (secondary N) is 1. The van der Waals surface area contributed by atoms with Crippen LogP contribution in [0.25, 0.3) is 11.3 Å². The first-order chi connectivity index (χ1) is 10.2. The molecule has 0 aliphatic carbocycles. The van der Waals surface area contributed by atoms with Gasteiger partial charge in [0.05, 0.1) is 5.69 Å². The first-order valence-corrected chi connectivity index (χ1v) is 9.78. The van der Waals surface area contributed by atoms with Gasteiger partial charge in [0, 0.05) is 11.6 Å². The van der Waals surface area contributed by atoms with Gasteiger partial charge >= 0.3 is 0 Å². The lowest BCUT2D eigenvalue weighted by molar-refractivity contribution is 0.561. The molecule has 0 bridgehead atoms. The number of benzene rings is 1. The zero-order valence-electron chi connectivity index (χ0n) is 14.1. The molecule has 1 radical (unpaired) electrons. The summed E-state index contributed by atoms with van der Waals surface area (Å²) in [5, 5.41) is 6.71. The Morgan fingerprint density at radius 1 is 1.18 bits per heavy atom. The molecule has 1 aromatic heterocycles. The Morgan fingerprint density at radius 3 is 2.41 bits per heavy atom. The summed E-state index contributed by atoms with van der Waals surface area (Å²) in [6.45, 7) is 12.6. The van der Waals surface area contributed by atoms with E-state index in [4.69, 9.17) is 4.43 Å². The molecule has 1 N–H and O–H groups in total. The number of H-pyrrole nitrogens is 1. The Morgan fingerprint density at radius 2 is 1.86 bits per heavy atom. The van der Waals surface area contributed by atoms with Crippen LogP contribution in [0.4, 0.5) is 0 Å². The van der Waals surface area contributed by atoms with Crippen LogP contribution in [0.1, 0.15) is 31.9 Å². The molecule has 0 saturated heterocycles. The second-order valence-electron chi connectivity index (χ2n) is 6.74. The summed E-state index contributed by atoms with van der Waals surface area (Å²) in [5.74, 6) is 0.842. The van der Waals surface area contributed by atoms with Crippen LogP contribution in [0.2, 0.25) is 13.1 Å². The topological polar surface area (TPSA) is 55.0 Å². The average molecular weight is 315 g/mol. The number of aromatic nitrogens is 2. The van der Waals surface area contributed by atoms with E-state index in [2.05, 4.69) is 56.2 Å². The maximum absolute atomic E-state index is 11.4. The highest BCUT2D eigenvalue weighted by molar-refractivity contribution is 6.49. The number of hydrogen-bond donors (Lipinski definition) is 1. The van der Waals surface area contributed by atoms with Crippen molar-refractivity contribution in [3.05, 3.63) is 45.7 Å². The summed E-state index contributed by atoms with van der Waals surface area (Å²) >= 11 is 0. The minimum absolute atomic E-state index is 0.0541. The SMILES string of the molecule is Cc1cc(=O)[nH]nc1-c1ccc(C(C)(C)C)cc1O[Si](C)C. The van der Waals surface area contributed by atoms with E-state index >= 15 is 0 Å². The van der Waals surface area contributed by atoms with Gasteiger partial charge in [-0.15, -0.1) is 0 Å². The summed E-state index contributed by atoms with van der Waals surface area (Å²) in [5.41, 5.74) is 3.62. The lowest BCUT2D eigenvalue weighted by Crippen LogP contribution is -2.16. The number of hydrogen-bond acceptors (Lipinski definition) is 3. The van der Waals surface area contributed by atoms with Crippen LogP contribution in [0, 0.1) is 6.92 Å². The van der Waals surface area contributed by atoms with Crippen LogP contribution in [0.15, 0.2) is 29.1 Å². The maximum atomic E-state index is 11.4. The summed E-state index contributed by atoms with van der Waals surface area (Å²) in [7, 11) is -0.898. The Bertz CT molecular complexity index is 730. The van der Waals surface area contributed by atoms with Crippen LogP contribution in [0.5, 0.6) is 5.75 Å². The largest absolute Gasteiger partial charge is 0.542 e. The van der Waals surface area contributed by atoms with Gasteiger partial charge in [-0.1, -0.05) is 26.8 Å². The minimum Gasteiger partial charge on any atom is -0.542 e. The Kier molecular flexibility index (Phi) is 4.56. The monoisotopic (exact) mass is 315 g/mol. The zero-order valence-corrected chi connectivity index (χ0v) is 15.1. The van der Waals surface area contributed by atoms with Crippen molar-refractivity contribution in [1.82, 2.24) is 10.2 Å². The molecule has 4 nitrogen and oxygen atoms in total. The highest BCUT2D eigenvalue weighted by atomic mass is 28.3. The van der Waals surface area contributed by atoms with Gasteiger partial charge in [0.25, 0.3) is 14.6 Å². The van der Waals surface area contributed by atoms with Gasteiger partial charge in [0.15, 0.2) is 0 Å². The van der Waals surface area contributed by atoms with E-state index in [0.717, 1.165) is 22.6 Å². The molecule has 0 saturated carbocycles. The quantitative estimate of drug-likeness (QED) is 0.879. The minimum atomic E-state index is -0.898. The van der Waals surface area contributed by atoms with E-state index in [0.29, 0.717) is 0 Å². The van der Waals surface area contributed by atoms with Crippen LogP contribution in [-0.4, -0.2) is 19.2 Å². The highest BCUT2D eigenvalue weighted by Crippen LogP contribution is 2.35. The molecule has 0 fully saturated rings. The van der Waals surface area contributed by atoms with Gasteiger partial charge < -0.3 is 4.43 Å². The number of aryl methyl sites for hydroxylation is 1. The highest BCUT2D eigenvalue weighted by Gasteiger charge is 2.19. The van der Waals surface area contributed by atoms with Crippen molar-refractivity contribution in [1.29, 1.82) is 0 Å². The molecule has 0 aliphatic heterocycles. The summed E-state index contributed by atoms with van der Waals surface area (Å²) in [6.07, 6.45) is 0. The van der Waals surface area contributed by atoms with Crippen molar-refractivity contribution < 1.29 is 4.43 Å². The third kappa shape index (κ3) is 3.65. The normalized spacial score (nSPS) is 11.8. The second kappa shape index (κ2) is 6.08. The van der Waals surface area contributed by atoms with Crippen LogP contribution in [-0.2, 0) is 5.41 Å². The lowest BCUT2D eigenvalue weighted by Gasteiger charge is -2.22. The van der Waals surface area contributed by atoms with Gasteiger partial charge in [0.2, 0.25) is 0 Å². The van der Waals surface area contributed by atoms with Crippen molar-refractivity contribution in [3.8, 4) is 17.0 Å². The number of rotatable bonds is 3. The van der Waals surface area contributed by atoms with Crippen molar-refractivity contribution in [2.45, 2.75) is 46.2 Å². The van der Waals surface area contributed by atoms with Crippen molar-refractivity contribution >= 4 is 9.04 Å². The molecule has 22 heavy (non-hydrogen) atoms. The van der Waals surface area contributed by atoms with E-state index in [1.807, 2.05) is 13.0 Å². The number of nitrogens with zero attached hydrogens (tertiary/aromatic N) is 1. The molecule has 5 heteroatoms. The molecular formula is C17H23N2O2Si. The maximum Gasteiger partial charge on any atom is 0.274 e. The standard InChI is InChI=1S/C17H23N2O2Si/c1-11-9-15(20)18-19-16(11)13-8-7-12(17(2,3)4)10-14(13)21-22(5)6/h7-10H,1-6H3,(H,18,20). The fourth-order valence-electron chi connectivity index (χ4n) is 2.26. The summed E-state index contributed by atoms with van der Waals surface area (Å²) in [6, 6.07) is 7.80. The van der Waals surface area contributed by atoms with Crippen molar-refractivity contribution in [3.63, 3.8) is 0 Å². The second-order valence-corrected chi connectivity index (χ2v) is 8.76. The number of aromatic amines is 1. The van der Waals surface area contributed by atoms with Crippen LogP contribution < -0.4 is 9.99 Å². The molecule has 2 rings (SSSR count). The molecule has 117 valence electrons. The van der Waals surface area contributed by atoms with Gasteiger partial charge in [-0.05, 0) is 48.7 Å². The first kappa shape index (κ1) is 16.5. The van der Waals surface area contributed by atoms with Crippen molar-refractivity contribution in [2.75, 3.05) is 0 Å². The Labute approximate surface area is 133 Å². The summed E-state index contributed by atoms with van der Waals surface area (Å²) < 4.78 is 6.09. The lowest BCUT2D eigenvalue weighted by atomic mass is 9.86. The fraction of sp³-hybridized carbons (Fsp3) is 0.412. The molecule has 0 atom stereocenters. The molecule has 0 aliphatic rings. The third-order valence-electron chi connectivity index (χ3n) is 3.42. The Balaban J connectivity index is 2.61. The predicted molar refractivity (Wildman–Crippen MR) is 91.8 cm³/mol. The van der Waals surface area contributed by atoms with Crippen LogP contribution >= 0.6 is 0 Å². The van der Waals surface area contributed by atoms with E-state index < -0.39 is 9.04 Å². The average Bonchev–Trinajstić information content (AvgIpc) is 2.37. The van der Waals surface area contributed by atoms with Gasteiger partial charge in [-0.2, -0.15) is 5.10 Å². The van der Waals surface area contributed by atoms with E-state index in [-0.39, 0.29) is 11.0 Å². The van der Waals surface area contributed by atoms with Gasteiger partial charge in [0.1, 0.15) is 5.75 Å². The van der Waals surface area contributed by atoms with E-state index in [9.17, 15) is 4.79 Å².